The minimum absolute atomic E-state index is 0.465. The lowest BCUT2D eigenvalue weighted by Gasteiger charge is -2.04. The number of aromatic nitrogens is 3. The lowest BCUT2D eigenvalue weighted by atomic mass is 10.4. The molecule has 2 aromatic heterocycles. The average Bonchev–Trinajstić information content (AvgIpc) is 3.06. The first-order valence-corrected chi connectivity index (χ1v) is 8.16. The predicted octanol–water partition coefficient (Wildman–Crippen LogP) is 1.66. The number of aliphatic imine (C=N–C) groups is 1. The molecule has 4 N–H and O–H groups in total. The van der Waals surface area contributed by atoms with Gasteiger partial charge in [-0.15, -0.1) is 0 Å². The van der Waals surface area contributed by atoms with Gasteiger partial charge in [0.1, 0.15) is 0 Å². The van der Waals surface area contributed by atoms with Crippen LogP contribution >= 0.6 is 11.8 Å². The molecule has 0 saturated carbocycles. The minimum Gasteiger partial charge on any atom is -0.370 e. The van der Waals surface area contributed by atoms with Gasteiger partial charge < -0.3 is 16.0 Å². The summed E-state index contributed by atoms with van der Waals surface area (Å²) >= 11 is 1.81. The van der Waals surface area contributed by atoms with Crippen molar-refractivity contribution in [1.82, 2.24) is 20.3 Å². The Labute approximate surface area is 134 Å². The van der Waals surface area contributed by atoms with Crippen LogP contribution in [0.2, 0.25) is 0 Å². The van der Waals surface area contributed by atoms with Gasteiger partial charge in [0.15, 0.2) is 5.96 Å². The number of aromatic amines is 1. The molecule has 7 heteroatoms. The van der Waals surface area contributed by atoms with Crippen molar-refractivity contribution in [3.8, 4) is 0 Å². The Morgan fingerprint density at radius 2 is 2.41 bits per heavy atom. The minimum atomic E-state index is 0.465. The van der Waals surface area contributed by atoms with Gasteiger partial charge in [0.2, 0.25) is 0 Å². The number of hydrogen-bond donors (Lipinski definition) is 3. The number of rotatable bonds is 8. The van der Waals surface area contributed by atoms with Gasteiger partial charge in [0.05, 0.1) is 30.5 Å². The van der Waals surface area contributed by atoms with Crippen LogP contribution in [0.3, 0.4) is 0 Å². The average molecular weight is 316 g/mol. The lowest BCUT2D eigenvalue weighted by Crippen LogP contribution is -2.33. The lowest BCUT2D eigenvalue weighted by molar-refractivity contribution is 0.951. The number of guanidine groups is 1. The maximum absolute atomic E-state index is 5.79. The van der Waals surface area contributed by atoms with Crippen LogP contribution in [-0.4, -0.2) is 39.8 Å². The zero-order chi connectivity index (χ0) is 15.5. The summed E-state index contributed by atoms with van der Waals surface area (Å²) in [6, 6.07) is 5.96. The SMILES string of the molecule is NC(=NC/C=C/c1cnc[nH]1)NCCSCc1ccccn1. The van der Waals surface area contributed by atoms with Gasteiger partial charge in [0.25, 0.3) is 0 Å². The Morgan fingerprint density at radius 3 is 3.18 bits per heavy atom. The fourth-order valence-corrected chi connectivity index (χ4v) is 2.43. The summed E-state index contributed by atoms with van der Waals surface area (Å²) in [5.74, 6) is 2.33. The van der Waals surface area contributed by atoms with Crippen LogP contribution in [-0.2, 0) is 5.75 Å². The van der Waals surface area contributed by atoms with E-state index in [4.69, 9.17) is 5.73 Å². The maximum Gasteiger partial charge on any atom is 0.188 e. The second kappa shape index (κ2) is 9.62. The number of nitrogens with one attached hydrogen (secondary N) is 2. The molecule has 0 aliphatic rings. The summed E-state index contributed by atoms with van der Waals surface area (Å²) in [5.41, 5.74) is 7.84. The van der Waals surface area contributed by atoms with Crippen LogP contribution in [0, 0.1) is 0 Å². The Kier molecular flexibility index (Phi) is 7.04. The summed E-state index contributed by atoms with van der Waals surface area (Å²) in [4.78, 5) is 15.4. The molecule has 0 unspecified atom stereocenters. The molecule has 2 heterocycles. The third-order valence-corrected chi connectivity index (χ3v) is 3.71. The molecule has 0 amide bonds. The number of H-pyrrole nitrogens is 1. The monoisotopic (exact) mass is 316 g/mol. The normalized spacial score (nSPS) is 11.9. The molecule has 0 bridgehead atoms. The van der Waals surface area contributed by atoms with Crippen molar-refractivity contribution in [3.05, 3.63) is 54.4 Å². The second-order valence-corrected chi connectivity index (χ2v) is 5.54. The summed E-state index contributed by atoms with van der Waals surface area (Å²) in [5, 5.41) is 3.10. The molecule has 0 fully saturated rings. The van der Waals surface area contributed by atoms with E-state index < -0.39 is 0 Å². The number of imidazole rings is 1. The zero-order valence-electron chi connectivity index (χ0n) is 12.3. The standard InChI is InChI=1S/C15H20N6S/c16-15(19-7-3-5-13-10-17-12-21-13)20-8-9-22-11-14-4-1-2-6-18-14/h1-6,10,12H,7-9,11H2,(H,17,21)(H3,16,19,20)/b5-3+. The van der Waals surface area contributed by atoms with Crippen molar-refractivity contribution in [3.63, 3.8) is 0 Å². The predicted molar refractivity (Wildman–Crippen MR) is 92.5 cm³/mol. The first-order valence-electron chi connectivity index (χ1n) is 7.01. The number of nitrogens with two attached hydrogens (primary N) is 1. The zero-order valence-corrected chi connectivity index (χ0v) is 13.1. The van der Waals surface area contributed by atoms with Gasteiger partial charge in [-0.3, -0.25) is 4.98 Å². The van der Waals surface area contributed by atoms with Gasteiger partial charge in [-0.05, 0) is 18.2 Å². The van der Waals surface area contributed by atoms with E-state index in [1.807, 2.05) is 48.3 Å². The molecule has 2 aromatic rings. The largest absolute Gasteiger partial charge is 0.370 e. The van der Waals surface area contributed by atoms with Crippen LogP contribution in [0.5, 0.6) is 0 Å². The molecule has 2 rings (SSSR count). The van der Waals surface area contributed by atoms with Crippen LogP contribution in [0.1, 0.15) is 11.4 Å². The molecular weight excluding hydrogens is 296 g/mol. The highest BCUT2D eigenvalue weighted by molar-refractivity contribution is 7.98. The van der Waals surface area contributed by atoms with E-state index in [0.717, 1.165) is 29.4 Å². The third-order valence-electron chi connectivity index (χ3n) is 2.71. The topological polar surface area (TPSA) is 92.0 Å². The van der Waals surface area contributed by atoms with Gasteiger partial charge in [-0.25, -0.2) is 9.98 Å². The molecule has 0 radical (unpaired) electrons. The van der Waals surface area contributed by atoms with Crippen molar-refractivity contribution in [2.24, 2.45) is 10.7 Å². The Balaban J connectivity index is 1.55. The molecule has 0 spiro atoms. The van der Waals surface area contributed by atoms with Gasteiger partial charge in [0, 0.05) is 24.2 Å². The van der Waals surface area contributed by atoms with E-state index in [9.17, 15) is 0 Å². The summed E-state index contributed by atoms with van der Waals surface area (Å²) in [6.07, 6.45) is 9.06. The number of hydrogen-bond acceptors (Lipinski definition) is 4. The van der Waals surface area contributed by atoms with Crippen molar-refractivity contribution in [1.29, 1.82) is 0 Å². The van der Waals surface area contributed by atoms with E-state index in [0.29, 0.717) is 12.5 Å². The second-order valence-electron chi connectivity index (χ2n) is 4.44. The Hall–Kier alpha value is -2.28. The highest BCUT2D eigenvalue weighted by atomic mass is 32.2. The number of thioether (sulfide) groups is 1. The Morgan fingerprint density at radius 1 is 1.45 bits per heavy atom. The highest BCUT2D eigenvalue weighted by Crippen LogP contribution is 2.07. The van der Waals surface area contributed by atoms with Crippen LogP contribution in [0.15, 0.2) is 48.0 Å². The van der Waals surface area contributed by atoms with E-state index in [-0.39, 0.29) is 0 Å². The van der Waals surface area contributed by atoms with Gasteiger partial charge >= 0.3 is 0 Å². The van der Waals surface area contributed by atoms with E-state index in [2.05, 4.69) is 25.3 Å². The fraction of sp³-hybridized carbons (Fsp3) is 0.267. The van der Waals surface area contributed by atoms with Crippen LogP contribution in [0.4, 0.5) is 0 Å². The molecule has 0 aromatic carbocycles. The summed E-state index contributed by atoms with van der Waals surface area (Å²) < 4.78 is 0. The van der Waals surface area contributed by atoms with Crippen molar-refractivity contribution >= 4 is 23.8 Å². The van der Waals surface area contributed by atoms with E-state index >= 15 is 0 Å². The molecule has 6 nitrogen and oxygen atoms in total. The summed E-state index contributed by atoms with van der Waals surface area (Å²) in [6.45, 7) is 1.33. The highest BCUT2D eigenvalue weighted by Gasteiger charge is 1.94. The molecule has 116 valence electrons. The Bertz CT molecular complexity index is 579. The quantitative estimate of drug-likeness (QED) is 0.391. The molecule has 0 aliphatic carbocycles. The fourth-order valence-electron chi connectivity index (χ4n) is 1.66. The molecule has 0 aliphatic heterocycles. The van der Waals surface area contributed by atoms with Crippen LogP contribution < -0.4 is 11.1 Å². The van der Waals surface area contributed by atoms with E-state index in [1.54, 1.807) is 12.5 Å². The molecule has 0 saturated heterocycles. The van der Waals surface area contributed by atoms with Crippen molar-refractivity contribution in [2.75, 3.05) is 18.8 Å². The molecule has 0 atom stereocenters. The smallest absolute Gasteiger partial charge is 0.188 e. The van der Waals surface area contributed by atoms with Crippen molar-refractivity contribution < 1.29 is 0 Å². The number of nitrogens with zero attached hydrogens (tertiary/aromatic N) is 3. The van der Waals surface area contributed by atoms with Gasteiger partial charge in [-0.1, -0.05) is 12.1 Å². The maximum atomic E-state index is 5.79. The van der Waals surface area contributed by atoms with Gasteiger partial charge in [-0.2, -0.15) is 11.8 Å². The number of pyridine rings is 1. The summed E-state index contributed by atoms with van der Waals surface area (Å²) in [7, 11) is 0. The third kappa shape index (κ3) is 6.45. The van der Waals surface area contributed by atoms with E-state index in [1.165, 1.54) is 0 Å². The van der Waals surface area contributed by atoms with Crippen LogP contribution in [0.25, 0.3) is 6.08 Å². The molecule has 22 heavy (non-hydrogen) atoms. The molecular formula is C15H20N6S. The first kappa shape index (κ1) is 16.1. The van der Waals surface area contributed by atoms with Crippen molar-refractivity contribution in [2.45, 2.75) is 5.75 Å². The first-order chi connectivity index (χ1) is 10.8.